The highest BCUT2D eigenvalue weighted by Gasteiger charge is 2.32. The largest absolute Gasteiger partial charge is 0.573 e. The number of halogens is 3. The minimum absolute atomic E-state index is 0.188. The molecule has 13 heavy (non-hydrogen) atoms. The lowest BCUT2D eigenvalue weighted by molar-refractivity contribution is -0.274. The Labute approximate surface area is 71.2 Å². The Hall–Kier alpha value is -1.59. The van der Waals surface area contributed by atoms with Gasteiger partial charge in [0.05, 0.1) is 11.8 Å². The van der Waals surface area contributed by atoms with Gasteiger partial charge in [0.2, 0.25) is 0 Å². The molecular formula is C7H4F3NO2. The first-order valence-electron chi connectivity index (χ1n) is 3.18. The molecule has 0 spiro atoms. The topological polar surface area (TPSA) is 39.2 Å². The molecule has 0 aliphatic heterocycles. The molecule has 0 saturated heterocycles. The van der Waals surface area contributed by atoms with E-state index >= 15 is 0 Å². The molecule has 0 amide bonds. The predicted octanol–water partition coefficient (Wildman–Crippen LogP) is 1.79. The number of pyridine rings is 1. The third kappa shape index (κ3) is 2.73. The van der Waals surface area contributed by atoms with Gasteiger partial charge in [-0.3, -0.25) is 9.78 Å². The zero-order valence-electron chi connectivity index (χ0n) is 6.21. The molecule has 70 valence electrons. The van der Waals surface area contributed by atoms with Crippen molar-refractivity contribution in [3.05, 3.63) is 24.0 Å². The molecule has 1 rings (SSSR count). The number of carbonyl (C=O) groups is 1. The average molecular weight is 191 g/mol. The van der Waals surface area contributed by atoms with Crippen LogP contribution in [0.1, 0.15) is 10.4 Å². The Morgan fingerprint density at radius 1 is 1.46 bits per heavy atom. The summed E-state index contributed by atoms with van der Waals surface area (Å²) in [7, 11) is 0. The molecule has 0 aromatic carbocycles. The summed E-state index contributed by atoms with van der Waals surface area (Å²) in [6, 6.07) is 1.13. The lowest BCUT2D eigenvalue weighted by atomic mass is 10.3. The molecule has 1 aromatic heterocycles. The fourth-order valence-corrected chi connectivity index (χ4v) is 0.698. The van der Waals surface area contributed by atoms with Crippen molar-refractivity contribution < 1.29 is 22.7 Å². The van der Waals surface area contributed by atoms with Crippen molar-refractivity contribution in [2.75, 3.05) is 0 Å². The minimum Gasteiger partial charge on any atom is -0.403 e. The summed E-state index contributed by atoms with van der Waals surface area (Å²) in [5, 5.41) is 0. The van der Waals surface area contributed by atoms with Gasteiger partial charge in [0.25, 0.3) is 0 Å². The van der Waals surface area contributed by atoms with Crippen LogP contribution in [0.4, 0.5) is 13.2 Å². The number of alkyl halides is 3. The lowest BCUT2D eigenvalue weighted by Crippen LogP contribution is -2.18. The number of hydrogen-bond acceptors (Lipinski definition) is 3. The van der Waals surface area contributed by atoms with Gasteiger partial charge in [-0.05, 0) is 6.07 Å². The summed E-state index contributed by atoms with van der Waals surface area (Å²) in [5.74, 6) is -0.593. The van der Waals surface area contributed by atoms with Gasteiger partial charge in [0.1, 0.15) is 0 Å². The first-order chi connectivity index (χ1) is 6.03. The average Bonchev–Trinajstić information content (AvgIpc) is 2.02. The maximum atomic E-state index is 11.7. The van der Waals surface area contributed by atoms with Crippen LogP contribution in [0.2, 0.25) is 0 Å². The molecule has 0 aliphatic rings. The summed E-state index contributed by atoms with van der Waals surface area (Å²) in [5.41, 5.74) is -0.188. The number of aldehydes is 1. The van der Waals surface area contributed by atoms with Crippen LogP contribution < -0.4 is 4.74 Å². The molecule has 0 atom stereocenters. The number of aromatic nitrogens is 1. The van der Waals surface area contributed by atoms with Crippen molar-refractivity contribution in [2.45, 2.75) is 6.36 Å². The Morgan fingerprint density at radius 3 is 2.69 bits per heavy atom. The van der Waals surface area contributed by atoms with Crippen LogP contribution in [0, 0.1) is 0 Å². The highest BCUT2D eigenvalue weighted by Crippen LogP contribution is 2.23. The number of carbonyl (C=O) groups excluding carboxylic acids is 1. The zero-order chi connectivity index (χ0) is 9.90. The molecule has 0 N–H and O–H groups in total. The molecule has 0 saturated carbocycles. The molecule has 0 unspecified atom stereocenters. The molecular weight excluding hydrogens is 187 g/mol. The van der Waals surface area contributed by atoms with Crippen LogP contribution in [0.25, 0.3) is 0 Å². The van der Waals surface area contributed by atoms with Gasteiger partial charge in [0.15, 0.2) is 12.0 Å². The normalized spacial score (nSPS) is 11.0. The van der Waals surface area contributed by atoms with Crippen LogP contribution in [-0.2, 0) is 0 Å². The molecule has 3 nitrogen and oxygen atoms in total. The molecule has 1 aromatic rings. The summed E-state index contributed by atoms with van der Waals surface area (Å²) in [4.78, 5) is 13.6. The van der Waals surface area contributed by atoms with E-state index in [0.717, 1.165) is 12.3 Å². The predicted molar refractivity (Wildman–Crippen MR) is 36.3 cm³/mol. The summed E-state index contributed by atoms with van der Waals surface area (Å²) in [6.07, 6.45) is -2.51. The smallest absolute Gasteiger partial charge is 0.403 e. The third-order valence-corrected chi connectivity index (χ3v) is 1.17. The highest BCUT2D eigenvalue weighted by atomic mass is 19.4. The van der Waals surface area contributed by atoms with Crippen molar-refractivity contribution in [1.29, 1.82) is 0 Å². The van der Waals surface area contributed by atoms with Crippen molar-refractivity contribution in [3.63, 3.8) is 0 Å². The Kier molecular flexibility index (Phi) is 2.50. The molecule has 0 fully saturated rings. The monoisotopic (exact) mass is 191 g/mol. The van der Waals surface area contributed by atoms with E-state index in [0.29, 0.717) is 0 Å². The fraction of sp³-hybridized carbons (Fsp3) is 0.143. The summed E-state index contributed by atoms with van der Waals surface area (Å²) in [6.45, 7) is 0. The van der Waals surface area contributed by atoms with Crippen molar-refractivity contribution >= 4 is 6.29 Å². The highest BCUT2D eigenvalue weighted by molar-refractivity contribution is 5.78. The van der Waals surface area contributed by atoms with Crippen LogP contribution in [0.15, 0.2) is 18.5 Å². The van der Waals surface area contributed by atoms with E-state index in [-0.39, 0.29) is 11.8 Å². The first-order valence-corrected chi connectivity index (χ1v) is 3.18. The lowest BCUT2D eigenvalue weighted by Gasteiger charge is -2.09. The van der Waals surface area contributed by atoms with E-state index in [2.05, 4.69) is 9.72 Å². The van der Waals surface area contributed by atoms with E-state index in [1.165, 1.54) is 6.20 Å². The third-order valence-electron chi connectivity index (χ3n) is 1.17. The maximum absolute atomic E-state index is 11.7. The van der Waals surface area contributed by atoms with E-state index in [1.807, 2.05) is 0 Å². The number of nitrogens with zero attached hydrogens (tertiary/aromatic N) is 1. The van der Waals surface area contributed by atoms with Crippen LogP contribution in [-0.4, -0.2) is 17.6 Å². The number of hydrogen-bond donors (Lipinski definition) is 0. The molecule has 0 aliphatic carbocycles. The molecule has 0 bridgehead atoms. The first kappa shape index (κ1) is 9.50. The molecule has 0 radical (unpaired) electrons. The standard InChI is InChI=1S/C7H4F3NO2/c8-7(9,10)13-6-3-11-2-1-5(6)4-12/h1-4H. The summed E-state index contributed by atoms with van der Waals surface area (Å²) < 4.78 is 38.6. The number of rotatable bonds is 2. The van der Waals surface area contributed by atoms with E-state index in [4.69, 9.17) is 0 Å². The van der Waals surface area contributed by atoms with Gasteiger partial charge in [-0.25, -0.2) is 0 Å². The van der Waals surface area contributed by atoms with E-state index in [9.17, 15) is 18.0 Å². The quantitative estimate of drug-likeness (QED) is 0.669. The summed E-state index contributed by atoms with van der Waals surface area (Å²) >= 11 is 0. The second-order valence-corrected chi connectivity index (χ2v) is 2.08. The van der Waals surface area contributed by atoms with Crippen molar-refractivity contribution in [3.8, 4) is 5.75 Å². The van der Waals surface area contributed by atoms with Crippen molar-refractivity contribution in [2.24, 2.45) is 0 Å². The second-order valence-electron chi connectivity index (χ2n) is 2.08. The van der Waals surface area contributed by atoms with Crippen LogP contribution >= 0.6 is 0 Å². The van der Waals surface area contributed by atoms with Gasteiger partial charge in [-0.15, -0.1) is 13.2 Å². The Bertz CT molecular complexity index is 311. The minimum atomic E-state index is -4.80. The maximum Gasteiger partial charge on any atom is 0.573 e. The SMILES string of the molecule is O=Cc1ccncc1OC(F)(F)F. The Balaban J connectivity index is 2.94. The van der Waals surface area contributed by atoms with Gasteiger partial charge in [0, 0.05) is 6.20 Å². The Morgan fingerprint density at radius 2 is 2.15 bits per heavy atom. The number of ether oxygens (including phenoxy) is 1. The van der Waals surface area contributed by atoms with E-state index < -0.39 is 12.1 Å². The van der Waals surface area contributed by atoms with Gasteiger partial charge in [-0.2, -0.15) is 0 Å². The van der Waals surface area contributed by atoms with Gasteiger partial charge >= 0.3 is 6.36 Å². The van der Waals surface area contributed by atoms with Gasteiger partial charge in [-0.1, -0.05) is 0 Å². The zero-order valence-corrected chi connectivity index (χ0v) is 6.21. The van der Waals surface area contributed by atoms with Crippen LogP contribution in [0.5, 0.6) is 5.75 Å². The van der Waals surface area contributed by atoms with Crippen molar-refractivity contribution in [1.82, 2.24) is 4.98 Å². The second kappa shape index (κ2) is 3.42. The fourth-order valence-electron chi connectivity index (χ4n) is 0.698. The van der Waals surface area contributed by atoms with Crippen LogP contribution in [0.3, 0.4) is 0 Å². The molecule has 1 heterocycles. The van der Waals surface area contributed by atoms with Gasteiger partial charge < -0.3 is 4.74 Å². The molecule has 6 heteroatoms. The van der Waals surface area contributed by atoms with E-state index in [1.54, 1.807) is 0 Å².